The maximum Gasteiger partial charge on any atom is 0.253 e. The molecule has 1 fully saturated rings. The molecule has 1 amide bonds. The van der Waals surface area contributed by atoms with Crippen molar-refractivity contribution in [1.29, 1.82) is 0 Å². The van der Waals surface area contributed by atoms with E-state index < -0.39 is 0 Å². The molecule has 0 saturated carbocycles. The summed E-state index contributed by atoms with van der Waals surface area (Å²) < 4.78 is 6.80. The van der Waals surface area contributed by atoms with Crippen LogP contribution in [-0.2, 0) is 5.41 Å². The highest BCUT2D eigenvalue weighted by Gasteiger charge is 2.28. The van der Waals surface area contributed by atoms with E-state index in [1.807, 2.05) is 41.3 Å². The molecular weight excluding hydrogens is 380 g/mol. The molecule has 1 atom stereocenters. The maximum absolute atomic E-state index is 12.7. The lowest BCUT2D eigenvalue weighted by Crippen LogP contribution is -2.31. The molecule has 4 nitrogen and oxygen atoms in total. The summed E-state index contributed by atoms with van der Waals surface area (Å²) in [6, 6.07) is 11.7. The molecule has 2 heterocycles. The second-order valence-electron chi connectivity index (χ2n) is 7.42. The Morgan fingerprint density at radius 3 is 2.52 bits per heavy atom. The highest BCUT2D eigenvalue weighted by atomic mass is 79.9. The predicted molar refractivity (Wildman–Crippen MR) is 102 cm³/mol. The third-order valence-corrected chi connectivity index (χ3v) is 4.89. The lowest BCUT2D eigenvalue weighted by molar-refractivity contribution is 0.0771. The molecule has 0 radical (unpaired) electrons. The monoisotopic (exact) mass is 402 g/mol. The number of hydrogen-bond acceptors (Lipinski definition) is 3. The Kier molecular flexibility index (Phi) is 5.13. The van der Waals surface area contributed by atoms with Crippen LogP contribution in [0.25, 0.3) is 0 Å². The van der Waals surface area contributed by atoms with Gasteiger partial charge in [-0.25, -0.2) is 4.98 Å². The molecule has 0 N–H and O–H groups in total. The number of pyridine rings is 1. The Labute approximate surface area is 157 Å². The van der Waals surface area contributed by atoms with Crippen LogP contribution in [0.3, 0.4) is 0 Å². The van der Waals surface area contributed by atoms with Gasteiger partial charge < -0.3 is 9.64 Å². The van der Waals surface area contributed by atoms with Crippen molar-refractivity contribution >= 4 is 21.8 Å². The number of hydrogen-bond donors (Lipinski definition) is 0. The number of carbonyl (C=O) groups is 1. The summed E-state index contributed by atoms with van der Waals surface area (Å²) in [4.78, 5) is 18.8. The number of amides is 1. The van der Waals surface area contributed by atoms with Crippen LogP contribution in [0.5, 0.6) is 5.88 Å². The minimum atomic E-state index is -0.00789. The summed E-state index contributed by atoms with van der Waals surface area (Å²) in [6.07, 6.45) is 2.53. The van der Waals surface area contributed by atoms with E-state index in [1.54, 1.807) is 6.20 Å². The molecule has 0 bridgehead atoms. The number of halogens is 1. The Balaban J connectivity index is 1.61. The summed E-state index contributed by atoms with van der Waals surface area (Å²) in [5.74, 6) is 0.660. The first-order chi connectivity index (χ1) is 11.8. The normalized spacial score (nSPS) is 17.6. The van der Waals surface area contributed by atoms with E-state index in [9.17, 15) is 4.79 Å². The Morgan fingerprint density at radius 1 is 1.20 bits per heavy atom. The average molecular weight is 403 g/mol. The highest BCUT2D eigenvalue weighted by molar-refractivity contribution is 9.10. The molecule has 1 aliphatic rings. The molecule has 1 aromatic heterocycles. The van der Waals surface area contributed by atoms with E-state index in [0.717, 1.165) is 16.5 Å². The first-order valence-electron chi connectivity index (χ1n) is 8.51. The van der Waals surface area contributed by atoms with Crippen LogP contribution < -0.4 is 4.74 Å². The second kappa shape index (κ2) is 7.16. The number of benzene rings is 1. The van der Waals surface area contributed by atoms with Crippen molar-refractivity contribution in [3.8, 4) is 5.88 Å². The van der Waals surface area contributed by atoms with Crippen LogP contribution in [0, 0.1) is 0 Å². The minimum absolute atomic E-state index is 0.00789. The molecule has 1 aliphatic heterocycles. The lowest BCUT2D eigenvalue weighted by Gasteiger charge is -2.20. The van der Waals surface area contributed by atoms with Gasteiger partial charge in [0.15, 0.2) is 0 Å². The fraction of sp³-hybridized carbons (Fsp3) is 0.400. The molecule has 5 heteroatoms. The van der Waals surface area contributed by atoms with Gasteiger partial charge in [0.2, 0.25) is 5.88 Å². The fourth-order valence-corrected chi connectivity index (χ4v) is 3.14. The predicted octanol–water partition coefficient (Wildman–Crippen LogP) is 4.44. The minimum Gasteiger partial charge on any atom is -0.472 e. The summed E-state index contributed by atoms with van der Waals surface area (Å²) in [5.41, 5.74) is 2.05. The molecule has 1 saturated heterocycles. The van der Waals surface area contributed by atoms with E-state index in [1.165, 1.54) is 5.56 Å². The van der Waals surface area contributed by atoms with Gasteiger partial charge in [0.25, 0.3) is 5.91 Å². The van der Waals surface area contributed by atoms with Gasteiger partial charge >= 0.3 is 0 Å². The van der Waals surface area contributed by atoms with E-state index in [2.05, 4.69) is 41.7 Å². The van der Waals surface area contributed by atoms with Gasteiger partial charge in [0, 0.05) is 35.3 Å². The van der Waals surface area contributed by atoms with Gasteiger partial charge in [-0.3, -0.25) is 4.79 Å². The quantitative estimate of drug-likeness (QED) is 0.761. The topological polar surface area (TPSA) is 42.4 Å². The molecule has 132 valence electrons. The van der Waals surface area contributed by atoms with Crippen LogP contribution >= 0.6 is 15.9 Å². The van der Waals surface area contributed by atoms with Crippen LogP contribution in [0.2, 0.25) is 0 Å². The van der Waals surface area contributed by atoms with Gasteiger partial charge in [0.05, 0.1) is 6.54 Å². The summed E-state index contributed by atoms with van der Waals surface area (Å²) in [7, 11) is 0. The second-order valence-corrected chi connectivity index (χ2v) is 8.34. The van der Waals surface area contributed by atoms with Crippen LogP contribution in [-0.4, -0.2) is 35.0 Å². The Morgan fingerprint density at radius 2 is 1.92 bits per heavy atom. The zero-order valence-electron chi connectivity index (χ0n) is 14.8. The zero-order chi connectivity index (χ0) is 18.0. The Bertz CT molecular complexity index is 736. The smallest absolute Gasteiger partial charge is 0.253 e. The van der Waals surface area contributed by atoms with Gasteiger partial charge in [-0.1, -0.05) is 32.9 Å². The molecule has 1 aromatic carbocycles. The number of ether oxygens (including phenoxy) is 1. The van der Waals surface area contributed by atoms with E-state index >= 15 is 0 Å². The van der Waals surface area contributed by atoms with Crippen molar-refractivity contribution in [1.82, 2.24) is 9.88 Å². The largest absolute Gasteiger partial charge is 0.472 e. The summed E-state index contributed by atoms with van der Waals surface area (Å²) >= 11 is 3.36. The third-order valence-electron chi connectivity index (χ3n) is 4.42. The summed E-state index contributed by atoms with van der Waals surface area (Å²) in [5, 5.41) is 0. The zero-order valence-corrected chi connectivity index (χ0v) is 16.4. The van der Waals surface area contributed by atoms with Gasteiger partial charge in [-0.15, -0.1) is 0 Å². The van der Waals surface area contributed by atoms with Crippen molar-refractivity contribution < 1.29 is 9.53 Å². The van der Waals surface area contributed by atoms with Gasteiger partial charge in [-0.05, 0) is 45.1 Å². The first kappa shape index (κ1) is 17.9. The first-order valence-corrected chi connectivity index (χ1v) is 9.30. The van der Waals surface area contributed by atoms with Crippen LogP contribution in [0.1, 0.15) is 43.1 Å². The molecule has 2 aromatic rings. The average Bonchev–Trinajstić information content (AvgIpc) is 3.04. The number of nitrogens with zero attached hydrogens (tertiary/aromatic N) is 2. The molecule has 0 aliphatic carbocycles. The van der Waals surface area contributed by atoms with Gasteiger partial charge in [0.1, 0.15) is 6.10 Å². The highest BCUT2D eigenvalue weighted by Crippen LogP contribution is 2.24. The van der Waals surface area contributed by atoms with Crippen molar-refractivity contribution in [3.63, 3.8) is 0 Å². The maximum atomic E-state index is 12.7. The van der Waals surface area contributed by atoms with E-state index in [0.29, 0.717) is 19.0 Å². The van der Waals surface area contributed by atoms with Crippen molar-refractivity contribution in [2.24, 2.45) is 0 Å². The number of rotatable bonds is 3. The van der Waals surface area contributed by atoms with E-state index in [-0.39, 0.29) is 17.4 Å². The molecule has 0 spiro atoms. The molecule has 25 heavy (non-hydrogen) atoms. The number of likely N-dealkylation sites (tertiary alicyclic amines) is 1. The Hall–Kier alpha value is -1.88. The number of aromatic nitrogens is 1. The van der Waals surface area contributed by atoms with E-state index in [4.69, 9.17) is 4.74 Å². The molecule has 3 rings (SSSR count). The van der Waals surface area contributed by atoms with Crippen molar-refractivity contribution in [2.45, 2.75) is 38.7 Å². The van der Waals surface area contributed by atoms with Crippen molar-refractivity contribution in [3.05, 3.63) is 58.2 Å². The van der Waals surface area contributed by atoms with Crippen LogP contribution in [0.15, 0.2) is 47.1 Å². The van der Waals surface area contributed by atoms with Crippen molar-refractivity contribution in [2.75, 3.05) is 13.1 Å². The fourth-order valence-electron chi connectivity index (χ4n) is 2.91. The van der Waals surface area contributed by atoms with Crippen LogP contribution in [0.4, 0.5) is 0 Å². The molecular formula is C20H23BrN2O2. The van der Waals surface area contributed by atoms with Gasteiger partial charge in [-0.2, -0.15) is 0 Å². The summed E-state index contributed by atoms with van der Waals surface area (Å²) in [6.45, 7) is 7.81. The molecule has 1 unspecified atom stereocenters. The lowest BCUT2D eigenvalue weighted by atomic mass is 9.86. The standard InChI is InChI=1S/C20H23BrN2O2/c1-20(2,3)15-6-4-14(5-7-15)19(24)23-11-10-17(13-23)25-18-9-8-16(21)12-22-18/h4-9,12,17H,10-11,13H2,1-3H3. The number of carbonyl (C=O) groups excluding carboxylic acids is 1. The SMILES string of the molecule is CC(C)(C)c1ccc(C(=O)N2CCC(Oc3ccc(Br)cn3)C2)cc1. The third kappa shape index (κ3) is 4.40.